The fourth-order valence-electron chi connectivity index (χ4n) is 3.84. The van der Waals surface area contributed by atoms with Gasteiger partial charge < -0.3 is 14.8 Å². The maximum absolute atomic E-state index is 6.34. The Balaban J connectivity index is 0.00000300. The first-order valence-corrected chi connectivity index (χ1v) is 10.9. The van der Waals surface area contributed by atoms with Crippen LogP contribution in [0.1, 0.15) is 69.0 Å². The fraction of sp³-hybridized carbons (Fsp3) is 0.500. The van der Waals surface area contributed by atoms with E-state index in [2.05, 4.69) is 30.4 Å². The minimum absolute atomic E-state index is 0. The van der Waals surface area contributed by atoms with Crippen molar-refractivity contribution in [1.29, 1.82) is 0 Å². The molecule has 2 atom stereocenters. The molecule has 2 aromatic carbocycles. The zero-order valence-corrected chi connectivity index (χ0v) is 19.0. The lowest BCUT2D eigenvalue weighted by atomic mass is 9.93. The van der Waals surface area contributed by atoms with E-state index in [1.165, 1.54) is 43.2 Å². The van der Waals surface area contributed by atoms with E-state index < -0.39 is 0 Å². The van der Waals surface area contributed by atoms with Crippen LogP contribution >= 0.6 is 24.0 Å². The van der Waals surface area contributed by atoms with E-state index in [9.17, 15) is 0 Å². The summed E-state index contributed by atoms with van der Waals surface area (Å²) in [5, 5.41) is 4.50. The van der Waals surface area contributed by atoms with Crippen LogP contribution in [0.15, 0.2) is 42.5 Å². The largest absolute Gasteiger partial charge is 0.497 e. The molecular formula is C24H33Cl2NO2. The first-order chi connectivity index (χ1) is 13.7. The summed E-state index contributed by atoms with van der Waals surface area (Å²) in [6.45, 7) is 3.07. The second-order valence-electron chi connectivity index (χ2n) is 7.64. The van der Waals surface area contributed by atoms with E-state index in [0.29, 0.717) is 0 Å². The number of benzene rings is 2. The number of unbranched alkanes of at least 4 members (excludes halogenated alkanes) is 4. The predicted molar refractivity (Wildman–Crippen MR) is 124 cm³/mol. The Labute approximate surface area is 186 Å². The van der Waals surface area contributed by atoms with E-state index >= 15 is 0 Å². The van der Waals surface area contributed by atoms with Gasteiger partial charge in [0.2, 0.25) is 0 Å². The highest BCUT2D eigenvalue weighted by Gasteiger charge is 2.28. The summed E-state index contributed by atoms with van der Waals surface area (Å²) < 4.78 is 11.7. The Kier molecular flexibility index (Phi) is 10.1. The van der Waals surface area contributed by atoms with E-state index in [0.717, 1.165) is 35.9 Å². The third-order valence-corrected chi connectivity index (χ3v) is 5.74. The summed E-state index contributed by atoms with van der Waals surface area (Å²) in [4.78, 5) is 0. The molecule has 0 aromatic heterocycles. The molecule has 5 heteroatoms. The van der Waals surface area contributed by atoms with Crippen molar-refractivity contribution in [1.82, 2.24) is 5.32 Å². The summed E-state index contributed by atoms with van der Waals surface area (Å²) in [6.07, 6.45) is 8.83. The smallest absolute Gasteiger partial charge is 0.128 e. The highest BCUT2D eigenvalue weighted by atomic mass is 35.5. The van der Waals surface area contributed by atoms with Gasteiger partial charge in [-0.2, -0.15) is 0 Å². The summed E-state index contributed by atoms with van der Waals surface area (Å²) in [6, 6.07) is 14.5. The zero-order chi connectivity index (χ0) is 19.8. The van der Waals surface area contributed by atoms with Gasteiger partial charge in [0.1, 0.15) is 17.6 Å². The zero-order valence-electron chi connectivity index (χ0n) is 17.5. The molecule has 2 aromatic rings. The van der Waals surface area contributed by atoms with Crippen LogP contribution in [0, 0.1) is 0 Å². The Hall–Kier alpha value is -1.42. The quantitative estimate of drug-likeness (QED) is 0.401. The third-order valence-electron chi connectivity index (χ3n) is 5.48. The number of fused-ring (bicyclic) bond motifs is 1. The minimum Gasteiger partial charge on any atom is -0.497 e. The van der Waals surface area contributed by atoms with Crippen molar-refractivity contribution in [2.45, 2.75) is 70.6 Å². The molecule has 0 radical (unpaired) electrons. The molecule has 0 fully saturated rings. The third kappa shape index (κ3) is 7.09. The molecule has 0 bridgehead atoms. The number of hydrogen-bond donors (Lipinski definition) is 1. The molecule has 3 rings (SSSR count). The maximum Gasteiger partial charge on any atom is 0.128 e. The molecule has 1 heterocycles. The van der Waals surface area contributed by atoms with E-state index in [1.807, 2.05) is 24.3 Å². The van der Waals surface area contributed by atoms with E-state index in [4.69, 9.17) is 21.1 Å². The molecule has 1 aliphatic heterocycles. The van der Waals surface area contributed by atoms with Crippen LogP contribution in [-0.2, 0) is 6.54 Å². The predicted octanol–water partition coefficient (Wildman–Crippen LogP) is 7.11. The van der Waals surface area contributed by atoms with Crippen LogP contribution in [0.25, 0.3) is 0 Å². The molecule has 0 amide bonds. The lowest BCUT2D eigenvalue weighted by Crippen LogP contribution is -2.32. The normalized spacial score (nSPS) is 17.8. The Bertz CT molecular complexity index is 736. The number of ether oxygens (including phenoxy) is 2. The van der Waals surface area contributed by atoms with E-state index in [1.54, 1.807) is 7.11 Å². The highest BCUT2D eigenvalue weighted by Crippen LogP contribution is 2.38. The summed E-state index contributed by atoms with van der Waals surface area (Å²) in [5.74, 6) is 1.80. The second kappa shape index (κ2) is 12.3. The van der Waals surface area contributed by atoms with Crippen LogP contribution in [-0.4, -0.2) is 13.2 Å². The topological polar surface area (TPSA) is 30.5 Å². The van der Waals surface area contributed by atoms with Gasteiger partial charge >= 0.3 is 0 Å². The monoisotopic (exact) mass is 437 g/mol. The maximum atomic E-state index is 6.34. The van der Waals surface area contributed by atoms with Crippen LogP contribution < -0.4 is 14.8 Å². The van der Waals surface area contributed by atoms with Crippen molar-refractivity contribution >= 4 is 24.0 Å². The van der Waals surface area contributed by atoms with Gasteiger partial charge in [-0.15, -0.1) is 12.4 Å². The standard InChI is InChI=1S/C24H32ClNO2.ClH/c1-3-4-5-6-7-8-21-15-23(26-17-18-9-11-19(25)12-10-18)22-14-13-20(27-2)16-24(22)28-21;/h9-14,16,21,23,26H,3-8,15,17H2,1-2H3;1H. The SMILES string of the molecule is CCCCCCCC1CC(NCc2ccc(Cl)cc2)c2ccc(OC)cc2O1.Cl. The first-order valence-electron chi connectivity index (χ1n) is 10.5. The highest BCUT2D eigenvalue weighted by molar-refractivity contribution is 6.30. The molecule has 3 nitrogen and oxygen atoms in total. The molecule has 0 spiro atoms. The van der Waals surface area contributed by atoms with Gasteiger partial charge in [-0.25, -0.2) is 0 Å². The summed E-state index contributed by atoms with van der Waals surface area (Å²) in [5.41, 5.74) is 2.46. The van der Waals surface area contributed by atoms with Gasteiger partial charge in [0, 0.05) is 35.7 Å². The van der Waals surface area contributed by atoms with Crippen LogP contribution in [0.2, 0.25) is 5.02 Å². The van der Waals surface area contributed by atoms with E-state index in [-0.39, 0.29) is 24.6 Å². The molecule has 160 valence electrons. The molecule has 0 aliphatic carbocycles. The number of methoxy groups -OCH3 is 1. The van der Waals surface area contributed by atoms with Crippen LogP contribution in [0.5, 0.6) is 11.5 Å². The van der Waals surface area contributed by atoms with Gasteiger partial charge in [-0.1, -0.05) is 62.4 Å². The number of rotatable bonds is 10. The van der Waals surface area contributed by atoms with Gasteiger partial charge in [0.05, 0.1) is 7.11 Å². The van der Waals surface area contributed by atoms with Crippen LogP contribution in [0.3, 0.4) is 0 Å². The molecule has 1 aliphatic rings. The molecule has 2 unspecified atom stereocenters. The van der Waals surface area contributed by atoms with Gasteiger partial charge in [0.25, 0.3) is 0 Å². The van der Waals surface area contributed by atoms with Crippen molar-refractivity contribution in [3.05, 3.63) is 58.6 Å². The molecule has 0 saturated carbocycles. The Morgan fingerprint density at radius 3 is 2.55 bits per heavy atom. The van der Waals surface area contributed by atoms with Crippen molar-refractivity contribution in [2.24, 2.45) is 0 Å². The molecular weight excluding hydrogens is 405 g/mol. The van der Waals surface area contributed by atoms with Crippen molar-refractivity contribution < 1.29 is 9.47 Å². The second-order valence-corrected chi connectivity index (χ2v) is 8.08. The molecule has 29 heavy (non-hydrogen) atoms. The Morgan fingerprint density at radius 1 is 1.07 bits per heavy atom. The van der Waals surface area contributed by atoms with Crippen molar-refractivity contribution in [3.63, 3.8) is 0 Å². The number of halogens is 2. The lowest BCUT2D eigenvalue weighted by Gasteiger charge is -2.33. The van der Waals surface area contributed by atoms with Crippen LogP contribution in [0.4, 0.5) is 0 Å². The van der Waals surface area contributed by atoms with Gasteiger partial charge in [0.15, 0.2) is 0 Å². The van der Waals surface area contributed by atoms with Gasteiger partial charge in [-0.3, -0.25) is 0 Å². The Morgan fingerprint density at radius 2 is 1.83 bits per heavy atom. The summed E-state index contributed by atoms with van der Waals surface area (Å²) in [7, 11) is 1.70. The molecule has 1 N–H and O–H groups in total. The fourth-order valence-corrected chi connectivity index (χ4v) is 3.96. The number of hydrogen-bond acceptors (Lipinski definition) is 3. The average Bonchev–Trinajstić information content (AvgIpc) is 2.72. The van der Waals surface area contributed by atoms with Gasteiger partial charge in [-0.05, 0) is 36.6 Å². The van der Waals surface area contributed by atoms with Crippen molar-refractivity contribution in [3.8, 4) is 11.5 Å². The lowest BCUT2D eigenvalue weighted by molar-refractivity contribution is 0.137. The minimum atomic E-state index is 0. The summed E-state index contributed by atoms with van der Waals surface area (Å²) >= 11 is 6.01. The first kappa shape index (κ1) is 23.9. The van der Waals surface area contributed by atoms with Crippen molar-refractivity contribution in [2.75, 3.05) is 7.11 Å². The average molecular weight is 438 g/mol. The number of nitrogens with one attached hydrogen (secondary N) is 1. The molecule has 0 saturated heterocycles.